The van der Waals surface area contributed by atoms with Crippen molar-refractivity contribution in [3.63, 3.8) is 0 Å². The predicted octanol–water partition coefficient (Wildman–Crippen LogP) is 6.71. The highest BCUT2D eigenvalue weighted by molar-refractivity contribution is 5.97. The Kier molecular flexibility index (Phi) is 6.12. The Bertz CT molecular complexity index is 978. The van der Waals surface area contributed by atoms with E-state index in [1.54, 1.807) is 7.11 Å². The van der Waals surface area contributed by atoms with Crippen molar-refractivity contribution in [2.45, 2.75) is 57.3 Å². The number of benzene rings is 2. The minimum atomic E-state index is -0.00203. The summed E-state index contributed by atoms with van der Waals surface area (Å²) in [5, 5.41) is 0.976. The number of fused-ring (bicyclic) bond motifs is 1. The Morgan fingerprint density at radius 3 is 2.57 bits per heavy atom. The van der Waals surface area contributed by atoms with E-state index in [9.17, 15) is 4.79 Å². The van der Waals surface area contributed by atoms with Gasteiger partial charge in [0, 0.05) is 11.8 Å². The lowest BCUT2D eigenvalue weighted by atomic mass is 9.66. The molecule has 1 aromatic heterocycles. The summed E-state index contributed by atoms with van der Waals surface area (Å²) >= 11 is 0. The third-order valence-corrected chi connectivity index (χ3v) is 6.42. The average molecular weight is 407 g/mol. The first-order valence-corrected chi connectivity index (χ1v) is 11.0. The molecule has 30 heavy (non-hydrogen) atoms. The van der Waals surface area contributed by atoms with Crippen LogP contribution in [0, 0.1) is 0 Å². The highest BCUT2D eigenvalue weighted by Gasteiger charge is 2.35. The largest absolute Gasteiger partial charge is 0.493 e. The molecule has 0 bridgehead atoms. The average Bonchev–Trinajstić information content (AvgIpc) is 3.23. The minimum Gasteiger partial charge on any atom is -0.493 e. The van der Waals surface area contributed by atoms with Gasteiger partial charge in [-0.05, 0) is 61.4 Å². The molecule has 1 heterocycles. The topological polar surface area (TPSA) is 48.7 Å². The molecule has 1 aliphatic rings. The van der Waals surface area contributed by atoms with Gasteiger partial charge in [0.15, 0.2) is 23.0 Å². The third-order valence-electron chi connectivity index (χ3n) is 6.42. The van der Waals surface area contributed by atoms with E-state index in [4.69, 9.17) is 13.9 Å². The summed E-state index contributed by atoms with van der Waals surface area (Å²) in [5.74, 6) is 2.08. The number of methoxy groups -OCH3 is 1. The zero-order valence-corrected chi connectivity index (χ0v) is 17.9. The van der Waals surface area contributed by atoms with Gasteiger partial charge in [-0.1, -0.05) is 43.5 Å². The van der Waals surface area contributed by atoms with E-state index in [2.05, 4.69) is 12.1 Å². The van der Waals surface area contributed by atoms with Crippen molar-refractivity contribution in [2.75, 3.05) is 13.7 Å². The molecule has 2 aromatic carbocycles. The van der Waals surface area contributed by atoms with E-state index < -0.39 is 0 Å². The standard InChI is InChI=1S/C26H30O4/c1-3-29-23-12-11-20(18-25(23)28-2)26(14-7-4-8-15-26)16-13-21(27)24-17-19-9-5-6-10-22(19)30-24/h5-6,9-12,17-18H,3-4,7-8,13-16H2,1-2H3. The maximum atomic E-state index is 13.0. The van der Waals surface area contributed by atoms with Gasteiger partial charge >= 0.3 is 0 Å². The highest BCUT2D eigenvalue weighted by Crippen LogP contribution is 2.45. The van der Waals surface area contributed by atoms with E-state index in [0.717, 1.165) is 41.7 Å². The van der Waals surface area contributed by atoms with Gasteiger partial charge in [-0.25, -0.2) is 0 Å². The Morgan fingerprint density at radius 1 is 1.03 bits per heavy atom. The lowest BCUT2D eigenvalue weighted by Crippen LogP contribution is -2.30. The lowest BCUT2D eigenvalue weighted by Gasteiger charge is -2.38. The van der Waals surface area contributed by atoms with Crippen LogP contribution in [0.4, 0.5) is 0 Å². The van der Waals surface area contributed by atoms with Gasteiger partial charge in [0.1, 0.15) is 5.58 Å². The van der Waals surface area contributed by atoms with Crippen LogP contribution in [-0.4, -0.2) is 19.5 Å². The Hall–Kier alpha value is -2.75. The number of hydrogen-bond acceptors (Lipinski definition) is 4. The first-order chi connectivity index (χ1) is 14.6. The Morgan fingerprint density at radius 2 is 1.83 bits per heavy atom. The molecule has 1 fully saturated rings. The fourth-order valence-corrected chi connectivity index (χ4v) is 4.78. The van der Waals surface area contributed by atoms with Gasteiger partial charge in [0.05, 0.1) is 13.7 Å². The molecular weight excluding hydrogens is 376 g/mol. The number of carbonyl (C=O) groups excluding carboxylic acids is 1. The second-order valence-electron chi connectivity index (χ2n) is 8.21. The summed E-state index contributed by atoms with van der Waals surface area (Å²) in [7, 11) is 1.68. The normalized spacial score (nSPS) is 15.8. The quantitative estimate of drug-likeness (QED) is 0.390. The molecule has 0 aliphatic heterocycles. The van der Waals surface area contributed by atoms with Crippen LogP contribution in [0.25, 0.3) is 11.0 Å². The smallest absolute Gasteiger partial charge is 0.198 e. The summed E-state index contributed by atoms with van der Waals surface area (Å²) < 4.78 is 17.1. The second-order valence-corrected chi connectivity index (χ2v) is 8.21. The van der Waals surface area contributed by atoms with Gasteiger partial charge < -0.3 is 13.9 Å². The lowest BCUT2D eigenvalue weighted by molar-refractivity contribution is 0.0938. The molecule has 0 atom stereocenters. The van der Waals surface area contributed by atoms with Crippen molar-refractivity contribution in [2.24, 2.45) is 0 Å². The molecule has 158 valence electrons. The molecule has 0 N–H and O–H groups in total. The van der Waals surface area contributed by atoms with Crippen molar-refractivity contribution in [3.05, 3.63) is 59.9 Å². The van der Waals surface area contributed by atoms with E-state index in [0.29, 0.717) is 18.8 Å². The first kappa shape index (κ1) is 20.5. The molecule has 4 heteroatoms. The van der Waals surface area contributed by atoms with Gasteiger partial charge in [0.25, 0.3) is 0 Å². The minimum absolute atomic E-state index is 0.00203. The van der Waals surface area contributed by atoms with Crippen LogP contribution in [0.3, 0.4) is 0 Å². The molecule has 0 radical (unpaired) electrons. The summed E-state index contributed by atoms with van der Waals surface area (Å²) in [6.45, 7) is 2.58. The zero-order valence-electron chi connectivity index (χ0n) is 17.9. The number of carbonyl (C=O) groups is 1. The number of furan rings is 1. The molecule has 4 rings (SSSR count). The number of Topliss-reactive ketones (excluding diaryl/α,β-unsaturated/α-hetero) is 1. The zero-order chi connectivity index (χ0) is 21.0. The van der Waals surface area contributed by atoms with Crippen molar-refractivity contribution in [1.29, 1.82) is 0 Å². The number of rotatable bonds is 8. The van der Waals surface area contributed by atoms with Gasteiger partial charge in [-0.3, -0.25) is 4.79 Å². The van der Waals surface area contributed by atoms with Crippen molar-refractivity contribution >= 4 is 16.8 Å². The van der Waals surface area contributed by atoms with E-state index >= 15 is 0 Å². The predicted molar refractivity (Wildman–Crippen MR) is 119 cm³/mol. The molecular formula is C26H30O4. The van der Waals surface area contributed by atoms with Crippen LogP contribution < -0.4 is 9.47 Å². The van der Waals surface area contributed by atoms with E-state index in [1.807, 2.05) is 43.3 Å². The number of ether oxygens (including phenoxy) is 2. The maximum Gasteiger partial charge on any atom is 0.198 e. The fourth-order valence-electron chi connectivity index (χ4n) is 4.78. The third kappa shape index (κ3) is 4.09. The van der Waals surface area contributed by atoms with Crippen molar-refractivity contribution in [3.8, 4) is 11.5 Å². The molecule has 0 spiro atoms. The molecule has 0 amide bonds. The summed E-state index contributed by atoms with van der Waals surface area (Å²) in [4.78, 5) is 13.0. The number of ketones is 1. The first-order valence-electron chi connectivity index (χ1n) is 11.0. The summed E-state index contributed by atoms with van der Waals surface area (Å²) in [6, 6.07) is 15.9. The van der Waals surface area contributed by atoms with Crippen molar-refractivity contribution < 1.29 is 18.7 Å². The van der Waals surface area contributed by atoms with Crippen LogP contribution in [0.5, 0.6) is 11.5 Å². The van der Waals surface area contributed by atoms with E-state index in [1.165, 1.54) is 24.8 Å². The molecule has 0 unspecified atom stereocenters. The van der Waals surface area contributed by atoms with Gasteiger partial charge in [-0.15, -0.1) is 0 Å². The van der Waals surface area contributed by atoms with Crippen LogP contribution in [0.2, 0.25) is 0 Å². The maximum absolute atomic E-state index is 13.0. The van der Waals surface area contributed by atoms with Gasteiger partial charge in [0.2, 0.25) is 0 Å². The fraction of sp³-hybridized carbons (Fsp3) is 0.423. The molecule has 1 aliphatic carbocycles. The highest BCUT2D eigenvalue weighted by atomic mass is 16.5. The van der Waals surface area contributed by atoms with Crippen LogP contribution in [0.15, 0.2) is 52.9 Å². The number of hydrogen-bond donors (Lipinski definition) is 0. The van der Waals surface area contributed by atoms with Crippen LogP contribution in [0.1, 0.15) is 68.0 Å². The van der Waals surface area contributed by atoms with Gasteiger partial charge in [-0.2, -0.15) is 0 Å². The summed E-state index contributed by atoms with van der Waals surface area (Å²) in [5.41, 5.74) is 2.02. The number of para-hydroxylation sites is 1. The molecule has 1 saturated carbocycles. The second kappa shape index (κ2) is 8.95. The van der Waals surface area contributed by atoms with Crippen LogP contribution in [-0.2, 0) is 5.41 Å². The Balaban J connectivity index is 1.57. The SMILES string of the molecule is CCOc1ccc(C2(CCC(=O)c3cc4ccccc4o3)CCCCC2)cc1OC. The molecule has 3 aromatic rings. The molecule has 0 saturated heterocycles. The van der Waals surface area contributed by atoms with E-state index in [-0.39, 0.29) is 11.2 Å². The van der Waals surface area contributed by atoms with Crippen LogP contribution >= 0.6 is 0 Å². The van der Waals surface area contributed by atoms with Crippen molar-refractivity contribution in [1.82, 2.24) is 0 Å². The Labute approximate surface area is 178 Å². The monoisotopic (exact) mass is 406 g/mol. The summed E-state index contributed by atoms with van der Waals surface area (Å²) in [6.07, 6.45) is 7.13. The molecule has 4 nitrogen and oxygen atoms in total.